The minimum Gasteiger partial charge on any atom is -0.299 e. The Bertz CT molecular complexity index is 1000. The normalized spacial score (nSPS) is 10.0. The molecule has 1 amide bonds. The highest BCUT2D eigenvalue weighted by atomic mass is 35.5. The summed E-state index contributed by atoms with van der Waals surface area (Å²) in [5.74, 6) is -0.802. The summed E-state index contributed by atoms with van der Waals surface area (Å²) in [5, 5.41) is 11.9. The van der Waals surface area contributed by atoms with E-state index in [2.05, 4.69) is 31.7 Å². The first-order chi connectivity index (χ1) is 13.5. The molecular weight excluding hydrogens is 386 g/mol. The van der Waals surface area contributed by atoms with Crippen LogP contribution in [0.1, 0.15) is 10.4 Å². The third-order valence-corrected chi connectivity index (χ3v) is 3.72. The summed E-state index contributed by atoms with van der Waals surface area (Å²) in [7, 11) is 0. The van der Waals surface area contributed by atoms with E-state index in [0.717, 1.165) is 6.33 Å². The standard InChI is InChI=1S/C17H14ClN7O3/c18-12-6-4-5-11(9-12)17(26)24-23-16-14(25(27)28)15(19-10-20-16)22-21-13-7-2-1-3-8-13/h1-10,21H,(H,24,26)(H2,19,20,22,23). The van der Waals surface area contributed by atoms with Crippen molar-refractivity contribution in [1.29, 1.82) is 0 Å². The van der Waals surface area contributed by atoms with Gasteiger partial charge in [-0.2, -0.15) is 0 Å². The fraction of sp³-hybridized carbons (Fsp3) is 0. The number of halogens is 1. The Kier molecular flexibility index (Phi) is 5.82. The van der Waals surface area contributed by atoms with Gasteiger partial charge < -0.3 is 0 Å². The number of hydrazine groups is 2. The summed E-state index contributed by atoms with van der Waals surface area (Å²) in [6.45, 7) is 0. The molecule has 0 aliphatic rings. The number of carbonyl (C=O) groups is 1. The fourth-order valence-corrected chi connectivity index (χ4v) is 2.40. The zero-order valence-corrected chi connectivity index (χ0v) is 15.0. The van der Waals surface area contributed by atoms with Crippen molar-refractivity contribution in [2.24, 2.45) is 0 Å². The maximum atomic E-state index is 12.2. The van der Waals surface area contributed by atoms with Gasteiger partial charge in [-0.3, -0.25) is 36.6 Å². The summed E-state index contributed by atoms with van der Waals surface area (Å²) in [5.41, 5.74) is 10.8. The topological polar surface area (TPSA) is 134 Å². The molecular formula is C17H14ClN7O3. The van der Waals surface area contributed by atoms with E-state index in [9.17, 15) is 14.9 Å². The number of hydrogen-bond acceptors (Lipinski definition) is 8. The lowest BCUT2D eigenvalue weighted by atomic mass is 10.2. The maximum absolute atomic E-state index is 12.2. The van der Waals surface area contributed by atoms with E-state index in [1.807, 2.05) is 6.07 Å². The molecule has 0 aliphatic carbocycles. The molecule has 4 N–H and O–H groups in total. The quantitative estimate of drug-likeness (QED) is 0.351. The van der Waals surface area contributed by atoms with Crippen molar-refractivity contribution in [3.05, 3.63) is 81.6 Å². The number of carbonyl (C=O) groups excluding carboxylic acids is 1. The molecule has 0 bridgehead atoms. The van der Waals surface area contributed by atoms with E-state index in [1.54, 1.807) is 42.5 Å². The number of nitrogens with one attached hydrogen (secondary N) is 4. The average molecular weight is 400 g/mol. The molecule has 0 unspecified atom stereocenters. The predicted octanol–water partition coefficient (Wildman–Crippen LogP) is 3.23. The van der Waals surface area contributed by atoms with Gasteiger partial charge in [-0.15, -0.1) is 0 Å². The van der Waals surface area contributed by atoms with Gasteiger partial charge in [-0.25, -0.2) is 9.97 Å². The van der Waals surface area contributed by atoms with Crippen molar-refractivity contribution in [2.45, 2.75) is 0 Å². The van der Waals surface area contributed by atoms with Gasteiger partial charge in [0.15, 0.2) is 0 Å². The second-order valence-corrected chi connectivity index (χ2v) is 5.82. The molecule has 1 heterocycles. The Hall–Kier alpha value is -3.92. The van der Waals surface area contributed by atoms with E-state index in [1.165, 1.54) is 6.07 Å². The van der Waals surface area contributed by atoms with Gasteiger partial charge in [0.1, 0.15) is 6.33 Å². The first-order valence-corrected chi connectivity index (χ1v) is 8.31. The highest BCUT2D eigenvalue weighted by molar-refractivity contribution is 6.30. The van der Waals surface area contributed by atoms with E-state index >= 15 is 0 Å². The van der Waals surface area contributed by atoms with E-state index in [4.69, 9.17) is 11.6 Å². The Morgan fingerprint density at radius 2 is 1.68 bits per heavy atom. The van der Waals surface area contributed by atoms with Crippen LogP contribution >= 0.6 is 11.6 Å². The molecule has 11 heteroatoms. The number of hydrogen-bond donors (Lipinski definition) is 4. The highest BCUT2D eigenvalue weighted by Crippen LogP contribution is 2.28. The van der Waals surface area contributed by atoms with Gasteiger partial charge in [0.2, 0.25) is 11.6 Å². The first kappa shape index (κ1) is 18.9. The summed E-state index contributed by atoms with van der Waals surface area (Å²) >= 11 is 5.85. The average Bonchev–Trinajstić information content (AvgIpc) is 2.71. The minimum absolute atomic E-state index is 0.0802. The van der Waals surface area contributed by atoms with Crippen molar-refractivity contribution in [3.63, 3.8) is 0 Å². The van der Waals surface area contributed by atoms with Crippen molar-refractivity contribution >= 4 is 40.5 Å². The van der Waals surface area contributed by atoms with Gasteiger partial charge in [0, 0.05) is 10.6 Å². The second kappa shape index (κ2) is 8.64. The molecule has 0 fully saturated rings. The Balaban J connectivity index is 1.75. The van der Waals surface area contributed by atoms with Crippen molar-refractivity contribution < 1.29 is 9.72 Å². The third-order valence-electron chi connectivity index (χ3n) is 3.49. The van der Waals surface area contributed by atoms with Gasteiger partial charge in [-0.05, 0) is 30.3 Å². The number of benzene rings is 2. The lowest BCUT2D eigenvalue weighted by Crippen LogP contribution is -2.30. The molecule has 1 aromatic heterocycles. The zero-order valence-electron chi connectivity index (χ0n) is 14.2. The van der Waals surface area contributed by atoms with E-state index in [0.29, 0.717) is 10.7 Å². The van der Waals surface area contributed by atoms with Crippen LogP contribution in [0, 0.1) is 10.1 Å². The molecule has 0 radical (unpaired) electrons. The van der Waals surface area contributed by atoms with Crippen molar-refractivity contribution in [1.82, 2.24) is 15.4 Å². The van der Waals surface area contributed by atoms with Gasteiger partial charge in [0.25, 0.3) is 5.91 Å². The number of para-hydroxylation sites is 1. The molecule has 0 spiro atoms. The first-order valence-electron chi connectivity index (χ1n) is 7.93. The van der Waals surface area contributed by atoms with Crippen LogP contribution in [0.4, 0.5) is 23.0 Å². The Labute approximate surface area is 164 Å². The number of amides is 1. The van der Waals surface area contributed by atoms with Crippen LogP contribution in [0.2, 0.25) is 5.02 Å². The fourth-order valence-electron chi connectivity index (χ4n) is 2.21. The number of nitrogens with zero attached hydrogens (tertiary/aromatic N) is 3. The van der Waals surface area contributed by atoms with Crippen LogP contribution < -0.4 is 21.7 Å². The third kappa shape index (κ3) is 4.62. The number of anilines is 3. The number of aromatic nitrogens is 2. The minimum atomic E-state index is -0.664. The number of rotatable bonds is 7. The van der Waals surface area contributed by atoms with Crippen LogP contribution in [0.5, 0.6) is 0 Å². The lowest BCUT2D eigenvalue weighted by Gasteiger charge is -2.12. The molecule has 28 heavy (non-hydrogen) atoms. The smallest absolute Gasteiger partial charge is 0.299 e. The highest BCUT2D eigenvalue weighted by Gasteiger charge is 2.23. The Morgan fingerprint density at radius 3 is 2.36 bits per heavy atom. The summed E-state index contributed by atoms with van der Waals surface area (Å²) in [6.07, 6.45) is 1.12. The van der Waals surface area contributed by atoms with Crippen LogP contribution in [0.15, 0.2) is 60.9 Å². The van der Waals surface area contributed by atoms with Gasteiger partial charge in [-0.1, -0.05) is 35.9 Å². The SMILES string of the molecule is O=C(NNc1ncnc(NNc2ccccc2)c1[N+](=O)[O-])c1cccc(Cl)c1. The van der Waals surface area contributed by atoms with Gasteiger partial charge >= 0.3 is 5.69 Å². The monoisotopic (exact) mass is 399 g/mol. The molecule has 3 aromatic rings. The van der Waals surface area contributed by atoms with Gasteiger partial charge in [0.05, 0.1) is 10.6 Å². The molecule has 142 valence electrons. The van der Waals surface area contributed by atoms with Crippen molar-refractivity contribution in [3.8, 4) is 0 Å². The number of nitro groups is 1. The Morgan fingerprint density at radius 1 is 0.964 bits per heavy atom. The van der Waals surface area contributed by atoms with Crippen LogP contribution in [-0.4, -0.2) is 20.8 Å². The van der Waals surface area contributed by atoms with E-state index in [-0.39, 0.29) is 17.2 Å². The lowest BCUT2D eigenvalue weighted by molar-refractivity contribution is -0.383. The second-order valence-electron chi connectivity index (χ2n) is 5.38. The summed E-state index contributed by atoms with van der Waals surface area (Å²) in [4.78, 5) is 30.7. The van der Waals surface area contributed by atoms with Crippen LogP contribution in [-0.2, 0) is 0 Å². The summed E-state index contributed by atoms with van der Waals surface area (Å²) < 4.78 is 0. The maximum Gasteiger partial charge on any atom is 0.356 e. The molecule has 0 saturated heterocycles. The molecule has 2 aromatic carbocycles. The molecule has 3 rings (SSSR count). The zero-order chi connectivity index (χ0) is 19.9. The largest absolute Gasteiger partial charge is 0.356 e. The van der Waals surface area contributed by atoms with Crippen LogP contribution in [0.25, 0.3) is 0 Å². The molecule has 10 nitrogen and oxygen atoms in total. The van der Waals surface area contributed by atoms with Crippen molar-refractivity contribution in [2.75, 3.05) is 16.3 Å². The molecule has 0 saturated carbocycles. The molecule has 0 aliphatic heterocycles. The van der Waals surface area contributed by atoms with Crippen LogP contribution in [0.3, 0.4) is 0 Å². The predicted molar refractivity (Wildman–Crippen MR) is 105 cm³/mol. The summed E-state index contributed by atoms with van der Waals surface area (Å²) in [6, 6.07) is 15.2. The molecule has 0 atom stereocenters. The van der Waals surface area contributed by atoms with E-state index < -0.39 is 16.5 Å².